The molecule has 1 amide bonds. The smallest absolute Gasteiger partial charge is 0.236 e. The van der Waals surface area contributed by atoms with Crippen LogP contribution in [0.1, 0.15) is 43.7 Å². The third-order valence-electron chi connectivity index (χ3n) is 5.46. The Hall–Kier alpha value is -1.13. The van der Waals surface area contributed by atoms with Crippen LogP contribution in [0.15, 0.2) is 57.5 Å². The van der Waals surface area contributed by atoms with Gasteiger partial charge in [-0.05, 0) is 54.8 Å². The first-order valence-corrected chi connectivity index (χ1v) is 10.1. The van der Waals surface area contributed by atoms with Crippen LogP contribution < -0.4 is 4.90 Å². The van der Waals surface area contributed by atoms with Gasteiger partial charge in [0.2, 0.25) is 5.91 Å². The van der Waals surface area contributed by atoms with Crippen LogP contribution in [0.3, 0.4) is 0 Å². The number of benzene rings is 2. The molecule has 1 saturated carbocycles. The number of amides is 1. The fraction of sp³-hybridized carbons (Fsp3) is 0.350. The Morgan fingerprint density at radius 3 is 1.96 bits per heavy atom. The molecule has 2 aliphatic rings. The van der Waals surface area contributed by atoms with Gasteiger partial charge in [-0.3, -0.25) is 4.79 Å². The van der Waals surface area contributed by atoms with Crippen LogP contribution >= 0.6 is 31.9 Å². The Labute approximate surface area is 159 Å². The monoisotopic (exact) mass is 447 g/mol. The molecule has 0 aromatic heterocycles. The molecule has 24 heavy (non-hydrogen) atoms. The van der Waals surface area contributed by atoms with Crippen molar-refractivity contribution in [3.05, 3.63) is 63.0 Å². The van der Waals surface area contributed by atoms with E-state index in [1.165, 1.54) is 12.0 Å². The second kappa shape index (κ2) is 6.30. The quantitative estimate of drug-likeness (QED) is 0.497. The van der Waals surface area contributed by atoms with Gasteiger partial charge in [-0.1, -0.05) is 63.3 Å². The maximum Gasteiger partial charge on any atom is 0.236 e. The van der Waals surface area contributed by atoms with E-state index in [0.717, 1.165) is 40.3 Å². The normalized spacial score (nSPS) is 22.5. The topological polar surface area (TPSA) is 20.3 Å². The standard InChI is InChI=1S/C20H19Br2NO/c21-15-6-4-14(5-7-15)18-20(12-2-1-3-13-20)19(24)23(18)17-10-8-16(22)9-11-17/h4-11,18H,1-3,12-13H2. The molecule has 4 rings (SSSR count). The van der Waals surface area contributed by atoms with E-state index in [2.05, 4.69) is 56.1 Å². The number of carbonyl (C=O) groups excluding carboxylic acids is 1. The van der Waals surface area contributed by atoms with Gasteiger partial charge in [0, 0.05) is 14.6 Å². The average Bonchev–Trinajstić information content (AvgIpc) is 2.62. The number of β-lactam (4-membered cyclic amide) rings is 1. The first kappa shape index (κ1) is 16.3. The predicted octanol–water partition coefficient (Wildman–Crippen LogP) is 6.25. The molecule has 1 saturated heterocycles. The van der Waals surface area contributed by atoms with Gasteiger partial charge in [0.25, 0.3) is 0 Å². The summed E-state index contributed by atoms with van der Waals surface area (Å²) in [5.41, 5.74) is 2.04. The largest absolute Gasteiger partial charge is 0.303 e. The maximum atomic E-state index is 13.2. The van der Waals surface area contributed by atoms with Crippen molar-refractivity contribution in [2.24, 2.45) is 5.41 Å². The molecule has 4 heteroatoms. The van der Waals surface area contributed by atoms with Crippen LogP contribution in [0.5, 0.6) is 0 Å². The summed E-state index contributed by atoms with van der Waals surface area (Å²) in [4.78, 5) is 15.2. The summed E-state index contributed by atoms with van der Waals surface area (Å²) in [6.45, 7) is 0. The summed E-state index contributed by atoms with van der Waals surface area (Å²) in [5.74, 6) is 0.303. The van der Waals surface area contributed by atoms with Gasteiger partial charge in [0.1, 0.15) is 0 Å². The van der Waals surface area contributed by atoms with Crippen molar-refractivity contribution in [2.45, 2.75) is 38.1 Å². The lowest BCUT2D eigenvalue weighted by molar-refractivity contribution is -0.143. The van der Waals surface area contributed by atoms with E-state index in [9.17, 15) is 4.79 Å². The van der Waals surface area contributed by atoms with Crippen LogP contribution in [-0.4, -0.2) is 5.91 Å². The summed E-state index contributed by atoms with van der Waals surface area (Å²) in [6.07, 6.45) is 5.60. The Morgan fingerprint density at radius 1 is 0.833 bits per heavy atom. The second-order valence-corrected chi connectivity index (χ2v) is 8.65. The summed E-state index contributed by atoms with van der Waals surface area (Å²) < 4.78 is 2.11. The van der Waals surface area contributed by atoms with Gasteiger partial charge in [-0.15, -0.1) is 0 Å². The van der Waals surface area contributed by atoms with Crippen molar-refractivity contribution >= 4 is 43.5 Å². The van der Waals surface area contributed by atoms with Crippen LogP contribution in [-0.2, 0) is 4.79 Å². The van der Waals surface area contributed by atoms with Crippen molar-refractivity contribution in [2.75, 3.05) is 4.90 Å². The predicted molar refractivity (Wildman–Crippen MR) is 104 cm³/mol. The minimum absolute atomic E-state index is 0.152. The first-order valence-electron chi connectivity index (χ1n) is 8.46. The second-order valence-electron chi connectivity index (χ2n) is 6.82. The molecule has 1 aliphatic carbocycles. The highest BCUT2D eigenvalue weighted by molar-refractivity contribution is 9.10. The lowest BCUT2D eigenvalue weighted by Crippen LogP contribution is -2.64. The average molecular weight is 449 g/mol. The summed E-state index contributed by atoms with van der Waals surface area (Å²) in [6, 6.07) is 16.7. The molecule has 1 aliphatic heterocycles. The van der Waals surface area contributed by atoms with Crippen molar-refractivity contribution in [1.82, 2.24) is 0 Å². The summed E-state index contributed by atoms with van der Waals surface area (Å²) in [5, 5.41) is 0. The third-order valence-corrected chi connectivity index (χ3v) is 6.52. The highest BCUT2D eigenvalue weighted by Gasteiger charge is 2.61. The third kappa shape index (κ3) is 2.55. The SMILES string of the molecule is O=C1N(c2ccc(Br)cc2)C(c2ccc(Br)cc2)C12CCCCC2. The van der Waals surface area contributed by atoms with Gasteiger partial charge in [0.15, 0.2) is 0 Å². The zero-order valence-corrected chi connectivity index (χ0v) is 16.5. The highest BCUT2D eigenvalue weighted by atomic mass is 79.9. The molecule has 2 fully saturated rings. The molecule has 2 nitrogen and oxygen atoms in total. The Balaban J connectivity index is 1.76. The molecular weight excluding hydrogens is 430 g/mol. The Bertz CT molecular complexity index is 748. The summed E-state index contributed by atoms with van der Waals surface area (Å²) in [7, 11) is 0. The van der Waals surface area contributed by atoms with E-state index >= 15 is 0 Å². The molecule has 1 unspecified atom stereocenters. The first-order chi connectivity index (χ1) is 11.6. The molecule has 0 radical (unpaired) electrons. The fourth-order valence-electron chi connectivity index (χ4n) is 4.31. The number of carbonyl (C=O) groups is 1. The molecule has 0 bridgehead atoms. The molecule has 124 valence electrons. The molecular formula is C20H19Br2NO. The molecule has 2 aromatic carbocycles. The lowest BCUT2D eigenvalue weighted by atomic mass is 9.60. The number of rotatable bonds is 2. The van der Waals surface area contributed by atoms with Crippen molar-refractivity contribution in [3.8, 4) is 0 Å². The van der Waals surface area contributed by atoms with Crippen molar-refractivity contribution < 1.29 is 4.79 Å². The van der Waals surface area contributed by atoms with Gasteiger partial charge < -0.3 is 4.90 Å². The van der Waals surface area contributed by atoms with Crippen LogP contribution in [0.2, 0.25) is 0 Å². The van der Waals surface area contributed by atoms with E-state index < -0.39 is 0 Å². The van der Waals surface area contributed by atoms with Gasteiger partial charge >= 0.3 is 0 Å². The highest BCUT2D eigenvalue weighted by Crippen LogP contribution is 2.59. The van der Waals surface area contributed by atoms with Gasteiger partial charge in [-0.2, -0.15) is 0 Å². The molecule has 0 N–H and O–H groups in total. The van der Waals surface area contributed by atoms with Crippen LogP contribution in [0, 0.1) is 5.41 Å². The molecule has 1 atom stereocenters. The number of nitrogens with zero attached hydrogens (tertiary/aromatic N) is 1. The van der Waals surface area contributed by atoms with E-state index in [-0.39, 0.29) is 11.5 Å². The maximum absolute atomic E-state index is 13.2. The Morgan fingerprint density at radius 2 is 1.38 bits per heavy atom. The van der Waals surface area contributed by atoms with Gasteiger partial charge in [0.05, 0.1) is 11.5 Å². The number of hydrogen-bond donors (Lipinski definition) is 0. The zero-order chi connectivity index (χ0) is 16.7. The number of anilines is 1. The molecule has 2 aromatic rings. The summed E-state index contributed by atoms with van der Waals surface area (Å²) >= 11 is 7.00. The minimum atomic E-state index is -0.195. The van der Waals surface area contributed by atoms with E-state index in [0.29, 0.717) is 5.91 Å². The number of halogens is 2. The fourth-order valence-corrected chi connectivity index (χ4v) is 4.83. The molecule has 1 heterocycles. The van der Waals surface area contributed by atoms with E-state index in [1.807, 2.05) is 29.2 Å². The molecule has 1 spiro atoms. The van der Waals surface area contributed by atoms with Crippen LogP contribution in [0.25, 0.3) is 0 Å². The van der Waals surface area contributed by atoms with E-state index in [4.69, 9.17) is 0 Å². The lowest BCUT2D eigenvalue weighted by Gasteiger charge is -2.58. The zero-order valence-electron chi connectivity index (χ0n) is 13.3. The minimum Gasteiger partial charge on any atom is -0.303 e. The Kier molecular flexibility index (Phi) is 4.29. The van der Waals surface area contributed by atoms with Crippen LogP contribution in [0.4, 0.5) is 5.69 Å². The van der Waals surface area contributed by atoms with Gasteiger partial charge in [-0.25, -0.2) is 0 Å². The van der Waals surface area contributed by atoms with Crippen molar-refractivity contribution in [1.29, 1.82) is 0 Å². The van der Waals surface area contributed by atoms with Crippen molar-refractivity contribution in [3.63, 3.8) is 0 Å². The van der Waals surface area contributed by atoms with E-state index in [1.54, 1.807) is 0 Å². The number of hydrogen-bond acceptors (Lipinski definition) is 1.